The quantitative estimate of drug-likeness (QED) is 0.858. The average molecular weight is 287 g/mol. The Hall–Kier alpha value is -1.81. The van der Waals surface area contributed by atoms with E-state index in [9.17, 15) is 4.79 Å². The monoisotopic (exact) mass is 287 g/mol. The van der Waals surface area contributed by atoms with Gasteiger partial charge in [-0.1, -0.05) is 26.0 Å². The van der Waals surface area contributed by atoms with E-state index < -0.39 is 0 Å². The fourth-order valence-corrected chi connectivity index (χ4v) is 2.32. The molecule has 0 aliphatic carbocycles. The fraction of sp³-hybridized carbons (Fsp3) is 0.471. The highest BCUT2D eigenvalue weighted by Gasteiger charge is 2.08. The highest BCUT2D eigenvalue weighted by atomic mass is 16.2. The van der Waals surface area contributed by atoms with Gasteiger partial charge in [-0.3, -0.25) is 4.79 Å². The second kappa shape index (κ2) is 6.76. The number of fused-ring (bicyclic) bond motifs is 1. The Morgan fingerprint density at radius 1 is 1.14 bits per heavy atom. The van der Waals surface area contributed by atoms with Crippen molar-refractivity contribution >= 4 is 16.8 Å². The first-order valence-electron chi connectivity index (χ1n) is 7.56. The molecule has 0 bridgehead atoms. The lowest BCUT2D eigenvalue weighted by atomic mass is 10.1. The minimum atomic E-state index is 0.0493. The zero-order chi connectivity index (χ0) is 15.4. The van der Waals surface area contributed by atoms with Crippen molar-refractivity contribution in [3.05, 3.63) is 36.0 Å². The molecule has 1 heterocycles. The maximum absolute atomic E-state index is 11.9. The lowest BCUT2D eigenvalue weighted by Gasteiger charge is -2.11. The van der Waals surface area contributed by atoms with Crippen molar-refractivity contribution in [2.75, 3.05) is 0 Å². The first-order valence-corrected chi connectivity index (χ1v) is 7.56. The van der Waals surface area contributed by atoms with E-state index in [-0.39, 0.29) is 11.9 Å². The molecule has 2 N–H and O–H groups in total. The molecule has 0 aliphatic rings. The normalized spacial score (nSPS) is 11.5. The second-order valence-electron chi connectivity index (χ2n) is 6.09. The second-order valence-corrected chi connectivity index (χ2v) is 6.09. The van der Waals surface area contributed by atoms with Crippen LogP contribution in [0.5, 0.6) is 0 Å². The van der Waals surface area contributed by atoms with Gasteiger partial charge in [-0.25, -0.2) is 0 Å². The fourth-order valence-electron chi connectivity index (χ4n) is 2.32. The summed E-state index contributed by atoms with van der Waals surface area (Å²) < 4.78 is 2.01. The van der Waals surface area contributed by atoms with Crippen LogP contribution < -0.4 is 10.6 Å². The summed E-state index contributed by atoms with van der Waals surface area (Å²) in [7, 11) is 0. The Morgan fingerprint density at radius 2 is 1.90 bits per heavy atom. The zero-order valence-corrected chi connectivity index (χ0v) is 13.3. The van der Waals surface area contributed by atoms with Crippen LogP contribution in [0.3, 0.4) is 0 Å². The van der Waals surface area contributed by atoms with E-state index in [4.69, 9.17) is 0 Å². The summed E-state index contributed by atoms with van der Waals surface area (Å²) in [4.78, 5) is 11.9. The van der Waals surface area contributed by atoms with Gasteiger partial charge in [0.05, 0.1) is 0 Å². The molecule has 0 spiro atoms. The Balaban J connectivity index is 2.16. The summed E-state index contributed by atoms with van der Waals surface area (Å²) in [5, 5.41) is 7.51. The number of carbonyl (C=O) groups is 1. The Kier molecular flexibility index (Phi) is 5.02. The van der Waals surface area contributed by atoms with Gasteiger partial charge in [0, 0.05) is 30.3 Å². The minimum Gasteiger partial charge on any atom is -0.352 e. The van der Waals surface area contributed by atoms with Crippen molar-refractivity contribution in [1.29, 1.82) is 0 Å². The number of nitrogens with zero attached hydrogens (tertiary/aromatic N) is 1. The van der Waals surface area contributed by atoms with Gasteiger partial charge in [-0.05, 0) is 36.9 Å². The number of amides is 1. The largest absolute Gasteiger partial charge is 0.352 e. The molecule has 0 unspecified atom stereocenters. The van der Waals surface area contributed by atoms with Crippen molar-refractivity contribution < 1.29 is 4.79 Å². The molecular formula is C17H25N3O. The predicted octanol–water partition coefficient (Wildman–Crippen LogP) is 2.66. The first-order chi connectivity index (χ1) is 9.95. The van der Waals surface area contributed by atoms with E-state index in [0.29, 0.717) is 12.6 Å². The molecule has 4 nitrogen and oxygen atoms in total. The average Bonchev–Trinajstić information content (AvgIpc) is 2.78. The molecule has 0 saturated carbocycles. The van der Waals surface area contributed by atoms with E-state index in [1.165, 1.54) is 10.9 Å². The van der Waals surface area contributed by atoms with Crippen LogP contribution in [0.4, 0.5) is 0 Å². The van der Waals surface area contributed by atoms with E-state index in [1.807, 2.05) is 24.6 Å². The summed E-state index contributed by atoms with van der Waals surface area (Å²) in [6.07, 6.45) is 1.98. The van der Waals surface area contributed by atoms with Crippen LogP contribution in [0.1, 0.15) is 33.3 Å². The smallest absolute Gasteiger partial charge is 0.240 e. The van der Waals surface area contributed by atoms with E-state index in [0.717, 1.165) is 12.1 Å². The third-order valence-corrected chi connectivity index (χ3v) is 3.32. The summed E-state index contributed by atoms with van der Waals surface area (Å²) in [6.45, 7) is 9.43. The molecule has 1 aromatic heterocycles. The number of aromatic nitrogens is 1. The van der Waals surface area contributed by atoms with Crippen LogP contribution in [0.2, 0.25) is 0 Å². The van der Waals surface area contributed by atoms with Gasteiger partial charge >= 0.3 is 0 Å². The molecule has 2 aromatic rings. The standard InChI is InChI=1S/C17H25N3O/c1-12(2)18-10-14-5-6-15-7-8-20(16(15)9-14)11-17(21)19-13(3)4/h5-9,12-13,18H,10-11H2,1-4H3,(H,19,21). The molecule has 0 atom stereocenters. The van der Waals surface area contributed by atoms with E-state index in [2.05, 4.69) is 48.7 Å². The summed E-state index contributed by atoms with van der Waals surface area (Å²) >= 11 is 0. The highest BCUT2D eigenvalue weighted by Crippen LogP contribution is 2.18. The summed E-state index contributed by atoms with van der Waals surface area (Å²) in [6, 6.07) is 9.10. The third-order valence-electron chi connectivity index (χ3n) is 3.32. The molecule has 114 valence electrons. The predicted molar refractivity (Wildman–Crippen MR) is 87.2 cm³/mol. The number of carbonyl (C=O) groups excluding carboxylic acids is 1. The number of rotatable bonds is 6. The van der Waals surface area contributed by atoms with E-state index in [1.54, 1.807) is 0 Å². The van der Waals surface area contributed by atoms with Gasteiger partial charge in [-0.15, -0.1) is 0 Å². The van der Waals surface area contributed by atoms with Gasteiger partial charge in [0.25, 0.3) is 0 Å². The van der Waals surface area contributed by atoms with Gasteiger partial charge in [0.15, 0.2) is 0 Å². The Bertz CT molecular complexity index is 614. The molecule has 0 radical (unpaired) electrons. The summed E-state index contributed by atoms with van der Waals surface area (Å²) in [5.41, 5.74) is 2.34. The molecular weight excluding hydrogens is 262 g/mol. The number of benzene rings is 1. The number of nitrogens with one attached hydrogen (secondary N) is 2. The van der Waals surface area contributed by atoms with Crippen LogP contribution in [0.15, 0.2) is 30.5 Å². The molecule has 0 fully saturated rings. The summed E-state index contributed by atoms with van der Waals surface area (Å²) in [5.74, 6) is 0.0493. The van der Waals surface area contributed by atoms with Crippen LogP contribution in [-0.4, -0.2) is 22.6 Å². The van der Waals surface area contributed by atoms with Gasteiger partial charge in [0.1, 0.15) is 6.54 Å². The number of hydrogen-bond donors (Lipinski definition) is 2. The van der Waals surface area contributed by atoms with Crippen molar-refractivity contribution in [2.24, 2.45) is 0 Å². The highest BCUT2D eigenvalue weighted by molar-refractivity contribution is 5.83. The molecule has 2 rings (SSSR count). The van der Waals surface area contributed by atoms with Gasteiger partial charge < -0.3 is 15.2 Å². The minimum absolute atomic E-state index is 0.0493. The van der Waals surface area contributed by atoms with E-state index >= 15 is 0 Å². The lowest BCUT2D eigenvalue weighted by molar-refractivity contribution is -0.122. The van der Waals surface area contributed by atoms with Crippen molar-refractivity contribution in [1.82, 2.24) is 15.2 Å². The molecule has 1 aromatic carbocycles. The molecule has 1 amide bonds. The van der Waals surface area contributed by atoms with Crippen molar-refractivity contribution in [3.8, 4) is 0 Å². The zero-order valence-electron chi connectivity index (χ0n) is 13.3. The molecule has 0 aliphatic heterocycles. The number of hydrogen-bond acceptors (Lipinski definition) is 2. The first kappa shape index (κ1) is 15.6. The lowest BCUT2D eigenvalue weighted by Crippen LogP contribution is -2.32. The van der Waals surface area contributed by atoms with Crippen LogP contribution in [0.25, 0.3) is 10.9 Å². The van der Waals surface area contributed by atoms with Crippen LogP contribution in [0, 0.1) is 0 Å². The topological polar surface area (TPSA) is 46.1 Å². The van der Waals surface area contributed by atoms with Gasteiger partial charge in [0.2, 0.25) is 5.91 Å². The SMILES string of the molecule is CC(C)NCc1ccc2ccn(CC(=O)NC(C)C)c2c1. The molecule has 21 heavy (non-hydrogen) atoms. The third kappa shape index (κ3) is 4.33. The van der Waals surface area contributed by atoms with Crippen LogP contribution in [-0.2, 0) is 17.9 Å². The molecule has 4 heteroatoms. The Labute approximate surface area is 126 Å². The molecule has 0 saturated heterocycles. The van der Waals surface area contributed by atoms with Gasteiger partial charge in [-0.2, -0.15) is 0 Å². The van der Waals surface area contributed by atoms with Crippen LogP contribution >= 0.6 is 0 Å². The van der Waals surface area contributed by atoms with Crippen molar-refractivity contribution in [3.63, 3.8) is 0 Å². The maximum atomic E-state index is 11.9. The Morgan fingerprint density at radius 3 is 2.57 bits per heavy atom. The van der Waals surface area contributed by atoms with Crippen molar-refractivity contribution in [2.45, 2.75) is 52.9 Å². The maximum Gasteiger partial charge on any atom is 0.240 e.